The van der Waals surface area contributed by atoms with Crippen molar-refractivity contribution in [3.05, 3.63) is 30.1 Å². The molecular formula is C21H32N4O2. The zero-order valence-electron chi connectivity index (χ0n) is 16.6. The molecule has 2 amide bonds. The maximum Gasteiger partial charge on any atom is 0.241 e. The third-order valence-corrected chi connectivity index (χ3v) is 5.94. The number of nitrogens with one attached hydrogen (secondary N) is 1. The summed E-state index contributed by atoms with van der Waals surface area (Å²) in [6.07, 6.45) is 7.27. The van der Waals surface area contributed by atoms with Gasteiger partial charge < -0.3 is 10.2 Å². The van der Waals surface area contributed by atoms with Crippen molar-refractivity contribution in [3.8, 4) is 0 Å². The predicted molar refractivity (Wildman–Crippen MR) is 105 cm³/mol. The van der Waals surface area contributed by atoms with Crippen LogP contribution in [0.4, 0.5) is 0 Å². The van der Waals surface area contributed by atoms with Crippen molar-refractivity contribution in [1.29, 1.82) is 0 Å². The molecule has 2 aliphatic heterocycles. The molecule has 0 saturated carbocycles. The number of hydrogen-bond donors (Lipinski definition) is 1. The van der Waals surface area contributed by atoms with Gasteiger partial charge in [0, 0.05) is 37.9 Å². The van der Waals surface area contributed by atoms with E-state index < -0.39 is 0 Å². The first-order valence-corrected chi connectivity index (χ1v) is 10.2. The van der Waals surface area contributed by atoms with E-state index in [4.69, 9.17) is 0 Å². The van der Waals surface area contributed by atoms with E-state index in [1.54, 1.807) is 0 Å². The molecule has 0 aromatic carbocycles. The standard InChI is InChI=1S/C21H32N4O2/c1-16(2)21(27)23-13-20(26)25-11-7-19(15-25)18-5-9-24(10-6-18)14-17-4-3-8-22-12-17/h3-4,8,12,16,18-19H,5-7,9-11,13-15H2,1-2H3,(H,23,27)/t19-/m1/s1. The third kappa shape index (κ3) is 5.51. The van der Waals surface area contributed by atoms with Gasteiger partial charge in [-0.1, -0.05) is 19.9 Å². The van der Waals surface area contributed by atoms with Gasteiger partial charge in [-0.25, -0.2) is 0 Å². The Kier molecular flexibility index (Phi) is 6.83. The van der Waals surface area contributed by atoms with Crippen molar-refractivity contribution in [2.45, 2.75) is 39.7 Å². The Morgan fingerprint density at radius 3 is 2.59 bits per heavy atom. The van der Waals surface area contributed by atoms with Crippen LogP contribution in [0, 0.1) is 17.8 Å². The van der Waals surface area contributed by atoms with Gasteiger partial charge in [-0.05, 0) is 55.8 Å². The van der Waals surface area contributed by atoms with E-state index in [2.05, 4.69) is 21.3 Å². The Labute approximate surface area is 162 Å². The Balaban J connectivity index is 1.39. The van der Waals surface area contributed by atoms with E-state index in [1.807, 2.05) is 37.2 Å². The molecule has 6 nitrogen and oxygen atoms in total. The van der Waals surface area contributed by atoms with Crippen LogP contribution in [0.5, 0.6) is 0 Å². The number of nitrogens with zero attached hydrogens (tertiary/aromatic N) is 3. The summed E-state index contributed by atoms with van der Waals surface area (Å²) < 4.78 is 0. The van der Waals surface area contributed by atoms with Gasteiger partial charge >= 0.3 is 0 Å². The minimum atomic E-state index is -0.0824. The highest BCUT2D eigenvalue weighted by Crippen LogP contribution is 2.32. The van der Waals surface area contributed by atoms with Crippen LogP contribution in [0.3, 0.4) is 0 Å². The summed E-state index contributed by atoms with van der Waals surface area (Å²) in [4.78, 5) is 32.6. The zero-order valence-corrected chi connectivity index (χ0v) is 16.6. The minimum absolute atomic E-state index is 0.0555. The second-order valence-electron chi connectivity index (χ2n) is 8.24. The van der Waals surface area contributed by atoms with Crippen molar-refractivity contribution < 1.29 is 9.59 Å². The normalized spacial score (nSPS) is 21.6. The monoisotopic (exact) mass is 372 g/mol. The Bertz CT molecular complexity index is 626. The predicted octanol–water partition coefficient (Wildman–Crippen LogP) is 1.91. The van der Waals surface area contributed by atoms with Gasteiger partial charge in [0.2, 0.25) is 11.8 Å². The fourth-order valence-corrected chi connectivity index (χ4v) is 4.21. The van der Waals surface area contributed by atoms with Gasteiger partial charge in [-0.15, -0.1) is 0 Å². The number of pyridine rings is 1. The van der Waals surface area contributed by atoms with E-state index in [9.17, 15) is 9.59 Å². The first kappa shape index (κ1) is 19.8. The van der Waals surface area contributed by atoms with Crippen molar-refractivity contribution in [1.82, 2.24) is 20.1 Å². The lowest BCUT2D eigenvalue weighted by Crippen LogP contribution is -2.41. The Morgan fingerprint density at radius 2 is 1.93 bits per heavy atom. The second kappa shape index (κ2) is 9.31. The van der Waals surface area contributed by atoms with E-state index in [0.717, 1.165) is 39.1 Å². The largest absolute Gasteiger partial charge is 0.347 e. The zero-order chi connectivity index (χ0) is 19.2. The maximum atomic E-state index is 12.4. The van der Waals surface area contributed by atoms with Crippen molar-refractivity contribution in [2.75, 3.05) is 32.7 Å². The first-order valence-electron chi connectivity index (χ1n) is 10.2. The smallest absolute Gasteiger partial charge is 0.241 e. The van der Waals surface area contributed by atoms with Gasteiger partial charge in [0.1, 0.15) is 0 Å². The molecular weight excluding hydrogens is 340 g/mol. The van der Waals surface area contributed by atoms with Crippen LogP contribution in [-0.2, 0) is 16.1 Å². The fourth-order valence-electron chi connectivity index (χ4n) is 4.21. The topological polar surface area (TPSA) is 65.5 Å². The van der Waals surface area contributed by atoms with Gasteiger partial charge in [0.15, 0.2) is 0 Å². The van der Waals surface area contributed by atoms with Crippen LogP contribution < -0.4 is 5.32 Å². The number of likely N-dealkylation sites (tertiary alicyclic amines) is 2. The van der Waals surface area contributed by atoms with Gasteiger partial charge in [-0.2, -0.15) is 0 Å². The molecule has 0 aliphatic carbocycles. The Morgan fingerprint density at radius 1 is 1.19 bits per heavy atom. The van der Waals surface area contributed by atoms with Crippen LogP contribution in [0.1, 0.15) is 38.7 Å². The molecule has 6 heteroatoms. The summed E-state index contributed by atoms with van der Waals surface area (Å²) in [5.74, 6) is 1.23. The second-order valence-corrected chi connectivity index (χ2v) is 8.24. The van der Waals surface area contributed by atoms with Gasteiger partial charge in [-0.3, -0.25) is 19.5 Å². The SMILES string of the molecule is CC(C)C(=O)NCC(=O)N1CC[C@@H](C2CCN(Cc3cccnc3)CC2)C1. The number of carbonyl (C=O) groups excluding carboxylic acids is 2. The summed E-state index contributed by atoms with van der Waals surface area (Å²) >= 11 is 0. The van der Waals surface area contributed by atoms with Crippen molar-refractivity contribution in [2.24, 2.45) is 17.8 Å². The molecule has 2 aliphatic rings. The number of carbonyl (C=O) groups is 2. The molecule has 148 valence electrons. The molecule has 3 heterocycles. The van der Waals surface area contributed by atoms with Crippen LogP contribution >= 0.6 is 0 Å². The maximum absolute atomic E-state index is 12.4. The van der Waals surface area contributed by atoms with Crippen LogP contribution in [0.2, 0.25) is 0 Å². The molecule has 2 fully saturated rings. The number of aromatic nitrogens is 1. The van der Waals surface area contributed by atoms with Gasteiger partial charge in [0.25, 0.3) is 0 Å². The molecule has 1 aromatic heterocycles. The van der Waals surface area contributed by atoms with E-state index in [0.29, 0.717) is 11.8 Å². The molecule has 27 heavy (non-hydrogen) atoms. The highest BCUT2D eigenvalue weighted by molar-refractivity contribution is 5.85. The summed E-state index contributed by atoms with van der Waals surface area (Å²) in [5, 5.41) is 2.74. The highest BCUT2D eigenvalue weighted by Gasteiger charge is 2.33. The average molecular weight is 373 g/mol. The third-order valence-electron chi connectivity index (χ3n) is 5.94. The van der Waals surface area contributed by atoms with Crippen LogP contribution in [0.15, 0.2) is 24.5 Å². The molecule has 1 N–H and O–H groups in total. The molecule has 1 aromatic rings. The van der Waals surface area contributed by atoms with Crippen molar-refractivity contribution in [3.63, 3.8) is 0 Å². The summed E-state index contributed by atoms with van der Waals surface area (Å²) in [7, 11) is 0. The number of piperidine rings is 1. The van der Waals surface area contributed by atoms with E-state index in [1.165, 1.54) is 18.4 Å². The summed E-state index contributed by atoms with van der Waals surface area (Å²) in [5.41, 5.74) is 1.28. The average Bonchev–Trinajstić information content (AvgIpc) is 3.17. The minimum Gasteiger partial charge on any atom is -0.347 e. The molecule has 0 spiro atoms. The number of amides is 2. The molecule has 2 saturated heterocycles. The first-order chi connectivity index (χ1) is 13.0. The van der Waals surface area contributed by atoms with Crippen LogP contribution in [0.25, 0.3) is 0 Å². The summed E-state index contributed by atoms with van der Waals surface area (Å²) in [6.45, 7) is 8.71. The lowest BCUT2D eigenvalue weighted by molar-refractivity contribution is -0.133. The Hall–Kier alpha value is -1.95. The number of hydrogen-bond acceptors (Lipinski definition) is 4. The molecule has 0 unspecified atom stereocenters. The van der Waals surface area contributed by atoms with Crippen LogP contribution in [-0.4, -0.2) is 59.3 Å². The molecule has 0 radical (unpaired) electrons. The van der Waals surface area contributed by atoms with E-state index in [-0.39, 0.29) is 24.3 Å². The number of rotatable bonds is 6. The lowest BCUT2D eigenvalue weighted by Gasteiger charge is -2.34. The highest BCUT2D eigenvalue weighted by atomic mass is 16.2. The summed E-state index contributed by atoms with van der Waals surface area (Å²) in [6, 6.07) is 4.13. The molecule has 3 rings (SSSR count). The molecule has 1 atom stereocenters. The van der Waals surface area contributed by atoms with Crippen molar-refractivity contribution >= 4 is 11.8 Å². The fraction of sp³-hybridized carbons (Fsp3) is 0.667. The van der Waals surface area contributed by atoms with Gasteiger partial charge in [0.05, 0.1) is 6.54 Å². The lowest BCUT2D eigenvalue weighted by atomic mass is 9.83. The quantitative estimate of drug-likeness (QED) is 0.828. The molecule has 0 bridgehead atoms. The van der Waals surface area contributed by atoms with E-state index >= 15 is 0 Å².